The van der Waals surface area contributed by atoms with Crippen molar-refractivity contribution in [3.05, 3.63) is 21.0 Å². The smallest absolute Gasteiger partial charge is 0.183 e. The molecule has 0 spiro atoms. The molecule has 3 unspecified atom stereocenters. The highest BCUT2D eigenvalue weighted by molar-refractivity contribution is 9.13. The minimum atomic E-state index is -0.00949. The molecule has 0 aliphatic heterocycles. The molecule has 0 amide bonds. The molecule has 4 nitrogen and oxygen atoms in total. The first-order valence-electron chi connectivity index (χ1n) is 6.17. The van der Waals surface area contributed by atoms with Gasteiger partial charge < -0.3 is 20.6 Å². The molecular weight excluding hydrogens is 364 g/mol. The zero-order valence-corrected chi connectivity index (χ0v) is 13.2. The zero-order valence-electron chi connectivity index (χ0n) is 10.0. The van der Waals surface area contributed by atoms with Gasteiger partial charge in [-0.25, -0.2) is 0 Å². The third-order valence-electron chi connectivity index (χ3n) is 3.55. The lowest BCUT2D eigenvalue weighted by atomic mass is 10.0. The van der Waals surface area contributed by atoms with Crippen molar-refractivity contribution >= 4 is 31.9 Å². The van der Waals surface area contributed by atoms with E-state index < -0.39 is 0 Å². The van der Waals surface area contributed by atoms with E-state index in [9.17, 15) is 5.11 Å². The first-order valence-corrected chi connectivity index (χ1v) is 7.76. The van der Waals surface area contributed by atoms with Gasteiger partial charge in [-0.1, -0.05) is 6.42 Å². The fourth-order valence-electron chi connectivity index (χ4n) is 2.53. The fraction of sp³-hybridized carbons (Fsp3) is 0.667. The third kappa shape index (κ3) is 3.17. The molecule has 1 aliphatic carbocycles. The molecule has 4 N–H and O–H groups in total. The van der Waals surface area contributed by atoms with Crippen molar-refractivity contribution in [1.29, 1.82) is 0 Å². The van der Waals surface area contributed by atoms with Crippen LogP contribution in [0.2, 0.25) is 0 Å². The fourth-order valence-corrected chi connectivity index (χ4v) is 3.14. The zero-order chi connectivity index (χ0) is 13.1. The van der Waals surface area contributed by atoms with E-state index in [-0.39, 0.29) is 12.6 Å². The quantitative estimate of drug-likeness (QED) is 0.732. The van der Waals surface area contributed by atoms with Crippen LogP contribution in [0.5, 0.6) is 0 Å². The normalized spacial score (nSPS) is 25.6. The molecular formula is C12H18Br2N2O2. The van der Waals surface area contributed by atoms with Gasteiger partial charge >= 0.3 is 0 Å². The Morgan fingerprint density at radius 2 is 2.28 bits per heavy atom. The van der Waals surface area contributed by atoms with Crippen molar-refractivity contribution in [2.24, 2.45) is 11.7 Å². The summed E-state index contributed by atoms with van der Waals surface area (Å²) < 4.78 is 7.19. The van der Waals surface area contributed by atoms with Gasteiger partial charge in [0.1, 0.15) is 5.76 Å². The number of aliphatic hydroxyl groups excluding tert-OH is 1. The molecule has 102 valence electrons. The second-order valence-electron chi connectivity index (χ2n) is 4.71. The third-order valence-corrected chi connectivity index (χ3v) is 5.26. The summed E-state index contributed by atoms with van der Waals surface area (Å²) in [6.45, 7) is 0.710. The van der Waals surface area contributed by atoms with E-state index in [1.54, 1.807) is 0 Å². The highest BCUT2D eigenvalue weighted by Gasteiger charge is 2.29. The van der Waals surface area contributed by atoms with Crippen molar-refractivity contribution in [2.75, 3.05) is 13.2 Å². The van der Waals surface area contributed by atoms with E-state index in [0.29, 0.717) is 23.2 Å². The van der Waals surface area contributed by atoms with E-state index in [4.69, 9.17) is 10.2 Å². The number of halogens is 2. The van der Waals surface area contributed by atoms with Crippen molar-refractivity contribution in [3.63, 3.8) is 0 Å². The van der Waals surface area contributed by atoms with Crippen LogP contribution in [0.15, 0.2) is 19.6 Å². The molecule has 1 saturated carbocycles. The van der Waals surface area contributed by atoms with E-state index in [1.807, 2.05) is 6.07 Å². The van der Waals surface area contributed by atoms with Crippen LogP contribution in [0.3, 0.4) is 0 Å². The summed E-state index contributed by atoms with van der Waals surface area (Å²) >= 11 is 6.73. The Hall–Kier alpha value is 0.120. The van der Waals surface area contributed by atoms with Gasteiger partial charge in [-0.05, 0) is 56.7 Å². The maximum atomic E-state index is 9.33. The maximum absolute atomic E-state index is 9.33. The molecule has 1 aromatic rings. The summed E-state index contributed by atoms with van der Waals surface area (Å²) in [5, 5.41) is 12.8. The molecule has 2 rings (SSSR count). The van der Waals surface area contributed by atoms with Crippen LogP contribution in [-0.4, -0.2) is 24.3 Å². The number of aliphatic hydroxyl groups is 1. The SMILES string of the molecule is NCC(NC1CCCC1CO)c1cc(Br)c(Br)o1. The van der Waals surface area contributed by atoms with E-state index in [0.717, 1.165) is 29.5 Å². The molecule has 0 aromatic carbocycles. The van der Waals surface area contributed by atoms with E-state index in [2.05, 4.69) is 37.2 Å². The Kier molecular flexibility index (Phi) is 5.26. The van der Waals surface area contributed by atoms with Crippen molar-refractivity contribution in [3.8, 4) is 0 Å². The van der Waals surface area contributed by atoms with Gasteiger partial charge in [0.15, 0.2) is 4.67 Å². The maximum Gasteiger partial charge on any atom is 0.183 e. The van der Waals surface area contributed by atoms with Gasteiger partial charge in [0, 0.05) is 19.2 Å². The molecule has 1 heterocycles. The largest absolute Gasteiger partial charge is 0.451 e. The summed E-state index contributed by atoms with van der Waals surface area (Å²) in [6.07, 6.45) is 3.33. The first kappa shape index (κ1) is 14.5. The average molecular weight is 382 g/mol. The van der Waals surface area contributed by atoms with Gasteiger partial charge in [-0.15, -0.1) is 0 Å². The number of nitrogens with two attached hydrogens (primary N) is 1. The lowest BCUT2D eigenvalue weighted by Gasteiger charge is -2.24. The van der Waals surface area contributed by atoms with Gasteiger partial charge in [-0.2, -0.15) is 0 Å². The van der Waals surface area contributed by atoms with E-state index in [1.165, 1.54) is 0 Å². The van der Waals surface area contributed by atoms with Crippen molar-refractivity contribution in [2.45, 2.75) is 31.3 Å². The average Bonchev–Trinajstić information content (AvgIpc) is 2.93. The number of furan rings is 1. The lowest BCUT2D eigenvalue weighted by Crippen LogP contribution is -2.39. The Balaban J connectivity index is 2.05. The highest BCUT2D eigenvalue weighted by Crippen LogP contribution is 2.32. The molecule has 1 aromatic heterocycles. The predicted molar refractivity (Wildman–Crippen MR) is 77.3 cm³/mol. The molecule has 1 fully saturated rings. The van der Waals surface area contributed by atoms with Crippen LogP contribution in [0, 0.1) is 5.92 Å². The van der Waals surface area contributed by atoms with Gasteiger partial charge in [0.2, 0.25) is 0 Å². The molecule has 1 aliphatic rings. The number of rotatable bonds is 5. The van der Waals surface area contributed by atoms with Crippen LogP contribution in [-0.2, 0) is 0 Å². The number of hydrogen-bond donors (Lipinski definition) is 3. The Labute approximate surface area is 124 Å². The predicted octanol–water partition coefficient (Wildman–Crippen LogP) is 2.56. The standard InChI is InChI=1S/C12H18Br2N2O2/c13-8-4-11(18-12(8)14)10(5-15)16-9-3-1-2-7(9)6-17/h4,7,9-10,16-17H,1-3,5-6,15H2. The minimum Gasteiger partial charge on any atom is -0.451 e. The molecule has 0 bridgehead atoms. The Morgan fingerprint density at radius 1 is 1.50 bits per heavy atom. The topological polar surface area (TPSA) is 71.4 Å². The molecule has 6 heteroatoms. The van der Waals surface area contributed by atoms with Crippen LogP contribution in [0.25, 0.3) is 0 Å². The summed E-state index contributed by atoms with van der Waals surface area (Å²) in [7, 11) is 0. The van der Waals surface area contributed by atoms with Crippen LogP contribution < -0.4 is 11.1 Å². The van der Waals surface area contributed by atoms with Crippen LogP contribution in [0.4, 0.5) is 0 Å². The molecule has 0 saturated heterocycles. The summed E-state index contributed by atoms with van der Waals surface area (Å²) in [5.41, 5.74) is 5.81. The summed E-state index contributed by atoms with van der Waals surface area (Å²) in [5.74, 6) is 1.15. The van der Waals surface area contributed by atoms with Crippen molar-refractivity contribution in [1.82, 2.24) is 5.32 Å². The molecule has 18 heavy (non-hydrogen) atoms. The van der Waals surface area contributed by atoms with Crippen molar-refractivity contribution < 1.29 is 9.52 Å². The minimum absolute atomic E-state index is 0.00949. The number of hydrogen-bond acceptors (Lipinski definition) is 4. The van der Waals surface area contributed by atoms with Gasteiger partial charge in [0.05, 0.1) is 10.5 Å². The second-order valence-corrected chi connectivity index (χ2v) is 6.28. The summed E-state index contributed by atoms with van der Waals surface area (Å²) in [4.78, 5) is 0. The first-order chi connectivity index (χ1) is 8.65. The molecule has 0 radical (unpaired) electrons. The Morgan fingerprint density at radius 3 is 2.83 bits per heavy atom. The van der Waals surface area contributed by atoms with Crippen LogP contribution >= 0.6 is 31.9 Å². The van der Waals surface area contributed by atoms with E-state index >= 15 is 0 Å². The monoisotopic (exact) mass is 380 g/mol. The summed E-state index contributed by atoms with van der Waals surface area (Å²) in [6, 6.07) is 2.24. The number of nitrogens with one attached hydrogen (secondary N) is 1. The lowest BCUT2D eigenvalue weighted by molar-refractivity contribution is 0.197. The van der Waals surface area contributed by atoms with Gasteiger partial charge in [0.25, 0.3) is 0 Å². The highest BCUT2D eigenvalue weighted by atomic mass is 79.9. The van der Waals surface area contributed by atoms with Crippen LogP contribution in [0.1, 0.15) is 31.1 Å². The second kappa shape index (κ2) is 6.52. The Bertz CT molecular complexity index is 378. The van der Waals surface area contributed by atoms with Gasteiger partial charge in [-0.3, -0.25) is 0 Å². The molecule has 3 atom stereocenters.